The quantitative estimate of drug-likeness (QED) is 0.847. The van der Waals surface area contributed by atoms with Crippen LogP contribution in [0.2, 0.25) is 0 Å². The Labute approximate surface area is 124 Å². The Morgan fingerprint density at radius 2 is 1.80 bits per heavy atom. The molecule has 1 atom stereocenters. The van der Waals surface area contributed by atoms with Crippen molar-refractivity contribution < 1.29 is 4.79 Å². The number of thiophene rings is 1. The lowest BCUT2D eigenvalue weighted by atomic mass is 9.86. The Balaban J connectivity index is 2.07. The Bertz CT molecular complexity index is 544. The number of para-hydroxylation sites is 1. The van der Waals surface area contributed by atoms with Crippen LogP contribution in [0.4, 0.5) is 10.5 Å². The van der Waals surface area contributed by atoms with Gasteiger partial charge in [0.1, 0.15) is 0 Å². The Morgan fingerprint density at radius 3 is 2.35 bits per heavy atom. The fraction of sp³-hybridized carbons (Fsp3) is 0.312. The van der Waals surface area contributed by atoms with Gasteiger partial charge < -0.3 is 10.6 Å². The zero-order valence-electron chi connectivity index (χ0n) is 12.0. The van der Waals surface area contributed by atoms with Crippen LogP contribution in [-0.4, -0.2) is 6.03 Å². The number of nitrogens with one attached hydrogen (secondary N) is 2. The van der Waals surface area contributed by atoms with E-state index in [1.807, 2.05) is 41.8 Å². The summed E-state index contributed by atoms with van der Waals surface area (Å²) < 4.78 is 0. The topological polar surface area (TPSA) is 41.1 Å². The van der Waals surface area contributed by atoms with Crippen LogP contribution < -0.4 is 10.6 Å². The van der Waals surface area contributed by atoms with Crippen molar-refractivity contribution in [2.45, 2.75) is 26.8 Å². The maximum Gasteiger partial charge on any atom is 0.319 e. The average molecular weight is 288 g/mol. The highest BCUT2D eigenvalue weighted by atomic mass is 32.1. The van der Waals surface area contributed by atoms with E-state index in [0.717, 1.165) is 5.69 Å². The third kappa shape index (κ3) is 3.84. The molecular formula is C16H20N2OS. The van der Waals surface area contributed by atoms with Crippen molar-refractivity contribution >= 4 is 23.1 Å². The molecule has 1 aromatic carbocycles. The molecule has 0 aliphatic heterocycles. The summed E-state index contributed by atoms with van der Waals surface area (Å²) in [7, 11) is 0. The van der Waals surface area contributed by atoms with Crippen molar-refractivity contribution in [2.75, 3.05) is 5.32 Å². The number of hydrogen-bond donors (Lipinski definition) is 2. The summed E-state index contributed by atoms with van der Waals surface area (Å²) in [5.74, 6) is 0. The molecule has 0 fully saturated rings. The first-order valence-electron chi connectivity index (χ1n) is 6.63. The highest BCUT2D eigenvalue weighted by Crippen LogP contribution is 2.35. The summed E-state index contributed by atoms with van der Waals surface area (Å²) in [6, 6.07) is 13.3. The summed E-state index contributed by atoms with van der Waals surface area (Å²) in [4.78, 5) is 13.3. The largest absolute Gasteiger partial charge is 0.330 e. The van der Waals surface area contributed by atoms with Crippen molar-refractivity contribution in [3.05, 3.63) is 52.7 Å². The first-order chi connectivity index (χ1) is 9.47. The number of carbonyl (C=O) groups is 1. The fourth-order valence-electron chi connectivity index (χ4n) is 1.99. The molecular weight excluding hydrogens is 268 g/mol. The summed E-state index contributed by atoms with van der Waals surface area (Å²) >= 11 is 1.66. The molecule has 0 aliphatic rings. The predicted octanol–water partition coefficient (Wildman–Crippen LogP) is 4.66. The minimum Gasteiger partial charge on any atom is -0.330 e. The van der Waals surface area contributed by atoms with Crippen LogP contribution in [0.15, 0.2) is 47.8 Å². The number of amides is 2. The second-order valence-corrected chi connectivity index (χ2v) is 6.76. The monoisotopic (exact) mass is 288 g/mol. The molecule has 2 rings (SSSR count). The van der Waals surface area contributed by atoms with E-state index in [2.05, 4.69) is 37.5 Å². The van der Waals surface area contributed by atoms with Crippen LogP contribution >= 0.6 is 11.3 Å². The molecule has 20 heavy (non-hydrogen) atoms. The normalized spacial score (nSPS) is 12.8. The van der Waals surface area contributed by atoms with E-state index in [4.69, 9.17) is 0 Å². The lowest BCUT2D eigenvalue weighted by Crippen LogP contribution is -2.38. The second kappa shape index (κ2) is 6.09. The SMILES string of the molecule is CC(C)(C)C(NC(=O)Nc1ccccc1)c1cccs1. The lowest BCUT2D eigenvalue weighted by Gasteiger charge is -2.30. The fourth-order valence-corrected chi connectivity index (χ4v) is 3.01. The van der Waals surface area contributed by atoms with Gasteiger partial charge in [-0.25, -0.2) is 4.79 Å². The Hall–Kier alpha value is -1.81. The van der Waals surface area contributed by atoms with E-state index in [1.54, 1.807) is 11.3 Å². The van der Waals surface area contributed by atoms with Crippen LogP contribution in [0.3, 0.4) is 0 Å². The minimum atomic E-state index is -0.176. The van der Waals surface area contributed by atoms with Crippen molar-refractivity contribution in [3.63, 3.8) is 0 Å². The minimum absolute atomic E-state index is 0.00814. The first-order valence-corrected chi connectivity index (χ1v) is 7.51. The number of benzene rings is 1. The summed E-state index contributed by atoms with van der Waals surface area (Å²) in [6.07, 6.45) is 0. The molecule has 2 N–H and O–H groups in total. The molecule has 0 spiro atoms. The maximum absolute atomic E-state index is 12.1. The van der Waals surface area contributed by atoms with E-state index < -0.39 is 0 Å². The van der Waals surface area contributed by atoms with Crippen LogP contribution in [-0.2, 0) is 0 Å². The van der Waals surface area contributed by atoms with Crippen LogP contribution in [0.5, 0.6) is 0 Å². The summed E-state index contributed by atoms with van der Waals surface area (Å²) in [5.41, 5.74) is 0.752. The van der Waals surface area contributed by atoms with Gasteiger partial charge in [-0.2, -0.15) is 0 Å². The van der Waals surface area contributed by atoms with Crippen molar-refractivity contribution in [2.24, 2.45) is 5.41 Å². The van der Waals surface area contributed by atoms with E-state index >= 15 is 0 Å². The molecule has 0 saturated heterocycles. The molecule has 0 bridgehead atoms. The van der Waals surface area contributed by atoms with Crippen molar-refractivity contribution in [1.82, 2.24) is 5.32 Å². The molecule has 3 nitrogen and oxygen atoms in total. The van der Waals surface area contributed by atoms with Gasteiger partial charge in [0, 0.05) is 10.6 Å². The third-order valence-electron chi connectivity index (χ3n) is 3.00. The van der Waals surface area contributed by atoms with Gasteiger partial charge in [-0.3, -0.25) is 0 Å². The Kier molecular flexibility index (Phi) is 4.45. The summed E-state index contributed by atoms with van der Waals surface area (Å²) in [5, 5.41) is 7.96. The molecule has 0 radical (unpaired) electrons. The molecule has 1 aromatic heterocycles. The van der Waals surface area contributed by atoms with Gasteiger partial charge in [0.15, 0.2) is 0 Å². The van der Waals surface area contributed by atoms with Crippen molar-refractivity contribution in [3.8, 4) is 0 Å². The number of urea groups is 1. The van der Waals surface area contributed by atoms with Gasteiger partial charge in [-0.05, 0) is 29.0 Å². The molecule has 2 amide bonds. The molecule has 0 saturated carbocycles. The highest BCUT2D eigenvalue weighted by Gasteiger charge is 2.28. The number of anilines is 1. The van der Waals surface area contributed by atoms with Gasteiger partial charge in [0.2, 0.25) is 0 Å². The number of carbonyl (C=O) groups excluding carboxylic acids is 1. The molecule has 2 aromatic rings. The van der Waals surface area contributed by atoms with Gasteiger partial charge >= 0.3 is 6.03 Å². The molecule has 106 valence electrons. The van der Waals surface area contributed by atoms with E-state index in [-0.39, 0.29) is 17.5 Å². The van der Waals surface area contributed by atoms with Gasteiger partial charge in [-0.15, -0.1) is 11.3 Å². The Morgan fingerprint density at radius 1 is 1.10 bits per heavy atom. The number of rotatable bonds is 3. The van der Waals surface area contributed by atoms with Gasteiger partial charge in [0.05, 0.1) is 6.04 Å². The summed E-state index contributed by atoms with van der Waals surface area (Å²) in [6.45, 7) is 6.38. The van der Waals surface area contributed by atoms with E-state index in [1.165, 1.54) is 4.88 Å². The maximum atomic E-state index is 12.1. The smallest absolute Gasteiger partial charge is 0.319 e. The third-order valence-corrected chi connectivity index (χ3v) is 3.94. The van der Waals surface area contributed by atoms with E-state index in [0.29, 0.717) is 0 Å². The molecule has 1 heterocycles. The molecule has 1 unspecified atom stereocenters. The molecule has 0 aliphatic carbocycles. The van der Waals surface area contributed by atoms with Gasteiger partial charge in [0.25, 0.3) is 0 Å². The van der Waals surface area contributed by atoms with E-state index in [9.17, 15) is 4.79 Å². The van der Waals surface area contributed by atoms with Gasteiger partial charge in [-0.1, -0.05) is 45.0 Å². The zero-order chi connectivity index (χ0) is 14.6. The van der Waals surface area contributed by atoms with Crippen molar-refractivity contribution in [1.29, 1.82) is 0 Å². The second-order valence-electron chi connectivity index (χ2n) is 5.78. The van der Waals surface area contributed by atoms with Crippen LogP contribution in [0.25, 0.3) is 0 Å². The number of hydrogen-bond acceptors (Lipinski definition) is 2. The van der Waals surface area contributed by atoms with Crippen LogP contribution in [0.1, 0.15) is 31.7 Å². The highest BCUT2D eigenvalue weighted by molar-refractivity contribution is 7.10. The average Bonchev–Trinajstić information content (AvgIpc) is 2.89. The standard InChI is InChI=1S/C16H20N2OS/c1-16(2,3)14(13-10-7-11-20-13)18-15(19)17-12-8-5-4-6-9-12/h4-11,14H,1-3H3,(H2,17,18,19). The first kappa shape index (κ1) is 14.6. The predicted molar refractivity (Wildman–Crippen MR) is 85.1 cm³/mol. The van der Waals surface area contributed by atoms with Crippen LogP contribution in [0, 0.1) is 5.41 Å². The lowest BCUT2D eigenvalue weighted by molar-refractivity contribution is 0.230. The zero-order valence-corrected chi connectivity index (χ0v) is 12.8. The molecule has 4 heteroatoms.